The van der Waals surface area contributed by atoms with E-state index >= 15 is 0 Å². The van der Waals surface area contributed by atoms with Gasteiger partial charge in [0.25, 0.3) is 0 Å². The van der Waals surface area contributed by atoms with Gasteiger partial charge < -0.3 is 20.7 Å². The van der Waals surface area contributed by atoms with Crippen molar-refractivity contribution in [2.45, 2.75) is 78.1 Å². The van der Waals surface area contributed by atoms with E-state index in [-0.39, 0.29) is 36.8 Å². The highest BCUT2D eigenvalue weighted by atomic mass is 16.5. The van der Waals surface area contributed by atoms with Crippen LogP contribution in [0.5, 0.6) is 0 Å². The molecule has 2 aromatic rings. The second-order valence-corrected chi connectivity index (χ2v) is 9.96. The summed E-state index contributed by atoms with van der Waals surface area (Å²) in [6.45, 7) is 7.60. The summed E-state index contributed by atoms with van der Waals surface area (Å²) >= 11 is 0. The second-order valence-electron chi connectivity index (χ2n) is 9.96. The van der Waals surface area contributed by atoms with E-state index in [0.717, 1.165) is 11.1 Å². The maximum absolute atomic E-state index is 13.3. The van der Waals surface area contributed by atoms with Crippen LogP contribution < -0.4 is 16.0 Å². The summed E-state index contributed by atoms with van der Waals surface area (Å²) in [5, 5.41) is 8.43. The van der Waals surface area contributed by atoms with Crippen molar-refractivity contribution in [1.82, 2.24) is 16.0 Å². The molecule has 3 amide bonds. The van der Waals surface area contributed by atoms with Gasteiger partial charge in [0.1, 0.15) is 18.7 Å². The van der Waals surface area contributed by atoms with E-state index in [1.807, 2.05) is 88.4 Å². The van der Waals surface area contributed by atoms with Crippen molar-refractivity contribution in [2.24, 2.45) is 11.8 Å². The van der Waals surface area contributed by atoms with Crippen LogP contribution >= 0.6 is 0 Å². The Morgan fingerprint density at radius 2 is 1.47 bits per heavy atom. The molecule has 0 radical (unpaired) electrons. The molecule has 0 fully saturated rings. The normalized spacial score (nSPS) is 14.0. The molecular weight excluding hydrogens is 482 g/mol. The Balaban J connectivity index is 1.98. The van der Waals surface area contributed by atoms with Gasteiger partial charge in [0.05, 0.1) is 0 Å². The molecule has 0 bridgehead atoms. The zero-order valence-corrected chi connectivity index (χ0v) is 22.8. The Morgan fingerprint density at radius 1 is 0.868 bits per heavy atom. The predicted octanol–water partition coefficient (Wildman–Crippen LogP) is 3.54. The third-order valence-electron chi connectivity index (χ3n) is 6.60. The lowest BCUT2D eigenvalue weighted by molar-refractivity contribution is -0.150. The summed E-state index contributed by atoms with van der Waals surface area (Å²) in [7, 11) is 0. The maximum atomic E-state index is 13.3. The lowest BCUT2D eigenvalue weighted by Crippen LogP contribution is -2.55. The second kappa shape index (κ2) is 16.2. The molecule has 0 aliphatic heterocycles. The molecule has 0 spiro atoms. The van der Waals surface area contributed by atoms with E-state index in [9.17, 15) is 19.2 Å². The van der Waals surface area contributed by atoms with E-state index in [4.69, 9.17) is 4.74 Å². The molecule has 3 unspecified atom stereocenters. The van der Waals surface area contributed by atoms with Crippen LogP contribution in [0.1, 0.15) is 58.1 Å². The first-order valence-corrected chi connectivity index (χ1v) is 13.3. The predicted molar refractivity (Wildman–Crippen MR) is 147 cm³/mol. The minimum atomic E-state index is -0.846. The number of carbonyl (C=O) groups excluding carboxylic acids is 4. The van der Waals surface area contributed by atoms with Crippen molar-refractivity contribution in [1.29, 1.82) is 0 Å². The molecule has 2 aromatic carbocycles. The first-order valence-electron chi connectivity index (χ1n) is 13.3. The fourth-order valence-electron chi connectivity index (χ4n) is 4.05. The Bertz CT molecular complexity index is 1010. The summed E-state index contributed by atoms with van der Waals surface area (Å²) in [6, 6.07) is 17.2. The summed E-state index contributed by atoms with van der Waals surface area (Å²) in [5.41, 5.74) is 1.91. The van der Waals surface area contributed by atoms with Crippen molar-refractivity contribution in [2.75, 3.05) is 0 Å². The Hall–Kier alpha value is -3.68. The van der Waals surface area contributed by atoms with Crippen LogP contribution in [0.15, 0.2) is 60.7 Å². The smallest absolute Gasteiger partial charge is 0.329 e. The number of rotatable bonds is 16. The van der Waals surface area contributed by atoms with Crippen LogP contribution in [0.4, 0.5) is 0 Å². The van der Waals surface area contributed by atoms with Crippen molar-refractivity contribution < 1.29 is 23.9 Å². The summed E-state index contributed by atoms with van der Waals surface area (Å²) in [6.07, 6.45) is 2.47. The molecule has 38 heavy (non-hydrogen) atoms. The van der Waals surface area contributed by atoms with Gasteiger partial charge in [-0.15, -0.1) is 0 Å². The lowest BCUT2D eigenvalue weighted by atomic mass is 9.96. The largest absolute Gasteiger partial charge is 0.459 e. The van der Waals surface area contributed by atoms with Crippen LogP contribution in [0.2, 0.25) is 0 Å². The summed E-state index contributed by atoms with van der Waals surface area (Å²) in [5.74, 6) is -1.59. The number of hydrogen-bond donors (Lipinski definition) is 3. The van der Waals surface area contributed by atoms with Gasteiger partial charge in [-0.1, -0.05) is 94.8 Å². The van der Waals surface area contributed by atoms with Gasteiger partial charge in [-0.2, -0.15) is 0 Å². The summed E-state index contributed by atoms with van der Waals surface area (Å²) in [4.78, 5) is 50.0. The van der Waals surface area contributed by atoms with E-state index in [1.165, 1.54) is 0 Å². The number of amides is 3. The monoisotopic (exact) mass is 523 g/mol. The average molecular weight is 524 g/mol. The number of ether oxygens (including phenoxy) is 1. The summed E-state index contributed by atoms with van der Waals surface area (Å²) < 4.78 is 5.46. The first-order chi connectivity index (χ1) is 18.2. The Morgan fingerprint density at radius 3 is 2.03 bits per heavy atom. The molecule has 0 saturated heterocycles. The SMILES string of the molecule is CC[C@H](C)C(NC(=O)CCC(Cc1ccccc1)NC=O)C(=O)NC(C(=O)OCc1ccccc1)C(C)C. The fraction of sp³-hybridized carbons (Fsp3) is 0.467. The van der Waals surface area contributed by atoms with Crippen molar-refractivity contribution in [3.63, 3.8) is 0 Å². The molecule has 2 rings (SSSR count). The van der Waals surface area contributed by atoms with Gasteiger partial charge in [-0.25, -0.2) is 4.79 Å². The Kier molecular flexibility index (Phi) is 13.0. The third-order valence-corrected chi connectivity index (χ3v) is 6.60. The quantitative estimate of drug-likeness (QED) is 0.230. The molecule has 8 heteroatoms. The van der Waals surface area contributed by atoms with E-state index in [2.05, 4.69) is 16.0 Å². The van der Waals surface area contributed by atoms with Gasteiger partial charge in [0.2, 0.25) is 18.2 Å². The molecule has 0 aliphatic carbocycles. The van der Waals surface area contributed by atoms with Gasteiger partial charge in [0, 0.05) is 12.5 Å². The first kappa shape index (κ1) is 30.5. The van der Waals surface area contributed by atoms with Crippen molar-refractivity contribution in [3.8, 4) is 0 Å². The molecular formula is C30H41N3O5. The zero-order valence-electron chi connectivity index (χ0n) is 22.8. The minimum Gasteiger partial charge on any atom is -0.459 e. The third kappa shape index (κ3) is 10.4. The fourth-order valence-corrected chi connectivity index (χ4v) is 4.05. The molecule has 0 heterocycles. The standard InChI is InChI=1S/C30H41N3O5/c1-5-22(4)28(32-26(35)17-16-25(31-20-34)18-23-12-8-6-9-13-23)29(36)33-27(21(2)3)30(37)38-19-24-14-10-7-11-15-24/h6-15,20-22,25,27-28H,5,16-19H2,1-4H3,(H,31,34)(H,32,35)(H,33,36)/t22-,25?,27?,28?/m0/s1. The number of hydrogen-bond acceptors (Lipinski definition) is 5. The number of nitrogens with one attached hydrogen (secondary N) is 3. The van der Waals surface area contributed by atoms with Crippen molar-refractivity contribution >= 4 is 24.2 Å². The van der Waals surface area contributed by atoms with Crippen LogP contribution in [0, 0.1) is 11.8 Å². The maximum Gasteiger partial charge on any atom is 0.329 e. The molecule has 0 aromatic heterocycles. The van der Waals surface area contributed by atoms with E-state index in [1.54, 1.807) is 0 Å². The van der Waals surface area contributed by atoms with Gasteiger partial charge in [0.15, 0.2) is 0 Å². The zero-order chi connectivity index (χ0) is 27.9. The molecule has 3 N–H and O–H groups in total. The Labute approximate surface area is 225 Å². The molecule has 8 nitrogen and oxygen atoms in total. The average Bonchev–Trinajstić information content (AvgIpc) is 2.92. The molecule has 0 aliphatic rings. The molecule has 0 saturated carbocycles. The number of benzene rings is 2. The highest BCUT2D eigenvalue weighted by Crippen LogP contribution is 2.13. The highest BCUT2D eigenvalue weighted by molar-refractivity contribution is 5.91. The van der Waals surface area contributed by atoms with Crippen LogP contribution in [-0.2, 0) is 36.9 Å². The number of esters is 1. The topological polar surface area (TPSA) is 114 Å². The van der Waals surface area contributed by atoms with Crippen LogP contribution in [0.25, 0.3) is 0 Å². The van der Waals surface area contributed by atoms with Crippen LogP contribution in [-0.4, -0.2) is 42.3 Å². The van der Waals surface area contributed by atoms with Gasteiger partial charge in [-0.3, -0.25) is 14.4 Å². The van der Waals surface area contributed by atoms with Gasteiger partial charge in [-0.05, 0) is 35.8 Å². The molecule has 4 atom stereocenters. The number of carbonyl (C=O) groups is 4. The van der Waals surface area contributed by atoms with E-state index in [0.29, 0.717) is 25.7 Å². The van der Waals surface area contributed by atoms with Crippen molar-refractivity contribution in [3.05, 3.63) is 71.8 Å². The minimum absolute atomic E-state index is 0.114. The van der Waals surface area contributed by atoms with Crippen LogP contribution in [0.3, 0.4) is 0 Å². The van der Waals surface area contributed by atoms with Gasteiger partial charge >= 0.3 is 5.97 Å². The van der Waals surface area contributed by atoms with E-state index < -0.39 is 24.0 Å². The molecule has 206 valence electrons. The lowest BCUT2D eigenvalue weighted by Gasteiger charge is -2.27. The highest BCUT2D eigenvalue weighted by Gasteiger charge is 2.32.